The van der Waals surface area contributed by atoms with E-state index in [4.69, 9.17) is 21.7 Å². The van der Waals surface area contributed by atoms with Gasteiger partial charge in [0.05, 0.1) is 22.9 Å². The van der Waals surface area contributed by atoms with Gasteiger partial charge in [0.1, 0.15) is 6.07 Å². The summed E-state index contributed by atoms with van der Waals surface area (Å²) < 4.78 is 38.4. The highest BCUT2D eigenvalue weighted by atomic mass is 19.4. The molecule has 0 bridgehead atoms. The average molecular weight is 280 g/mol. The van der Waals surface area contributed by atoms with E-state index >= 15 is 0 Å². The van der Waals surface area contributed by atoms with Crippen molar-refractivity contribution in [3.8, 4) is 12.1 Å². The van der Waals surface area contributed by atoms with Crippen LogP contribution in [-0.2, 0) is 6.18 Å². The number of hydrogen-bond acceptors (Lipinski definition) is 5. The van der Waals surface area contributed by atoms with Crippen molar-refractivity contribution in [2.75, 3.05) is 5.43 Å². The lowest BCUT2D eigenvalue weighted by molar-refractivity contribution is -0.137. The molecule has 20 heavy (non-hydrogen) atoms. The molecule has 0 aliphatic carbocycles. The van der Waals surface area contributed by atoms with E-state index < -0.39 is 29.0 Å². The summed E-state index contributed by atoms with van der Waals surface area (Å²) in [6.07, 6.45) is -4.70. The van der Waals surface area contributed by atoms with Crippen molar-refractivity contribution in [3.63, 3.8) is 0 Å². The number of halogens is 3. The van der Waals surface area contributed by atoms with Crippen LogP contribution in [0, 0.1) is 28.1 Å². The molecule has 1 aromatic carbocycles. The van der Waals surface area contributed by atoms with Gasteiger partial charge in [-0.2, -0.15) is 28.8 Å². The molecule has 0 fully saturated rings. The quantitative estimate of drug-likeness (QED) is 0.444. The van der Waals surface area contributed by atoms with Crippen LogP contribution in [0.1, 0.15) is 11.1 Å². The van der Waals surface area contributed by atoms with Gasteiger partial charge in [-0.05, 0) is 18.2 Å². The first-order valence-electron chi connectivity index (χ1n) is 4.99. The van der Waals surface area contributed by atoms with Crippen LogP contribution >= 0.6 is 0 Å². The number of hydrogen-bond donors (Lipinski definition) is 3. The molecule has 1 aromatic rings. The molecule has 0 aliphatic rings. The van der Waals surface area contributed by atoms with Crippen LogP contribution in [0.15, 0.2) is 23.3 Å². The van der Waals surface area contributed by atoms with Crippen molar-refractivity contribution in [2.24, 2.45) is 10.8 Å². The molecular weight excluding hydrogens is 273 g/mol. The lowest BCUT2D eigenvalue weighted by atomic mass is 10.1. The normalized spacial score (nSPS) is 11.3. The molecule has 0 spiro atoms. The first-order valence-corrected chi connectivity index (χ1v) is 4.99. The van der Waals surface area contributed by atoms with Gasteiger partial charge in [-0.25, -0.2) is 0 Å². The van der Waals surface area contributed by atoms with Crippen LogP contribution in [0.2, 0.25) is 0 Å². The van der Waals surface area contributed by atoms with Crippen molar-refractivity contribution in [3.05, 3.63) is 29.3 Å². The first kappa shape index (κ1) is 15.0. The number of hydrazone groups is 1. The molecule has 4 N–H and O–H groups in total. The Hall–Kier alpha value is -3.07. The molecule has 0 aromatic heterocycles. The van der Waals surface area contributed by atoms with Gasteiger partial charge in [0.15, 0.2) is 5.84 Å². The van der Waals surface area contributed by atoms with Gasteiger partial charge in [-0.3, -0.25) is 10.8 Å². The highest BCUT2D eigenvalue weighted by molar-refractivity contribution is 6.45. The number of nitrogens with zero attached hydrogens (tertiary/aromatic N) is 3. The second-order valence-electron chi connectivity index (χ2n) is 3.47. The van der Waals surface area contributed by atoms with Gasteiger partial charge in [-0.15, -0.1) is 0 Å². The van der Waals surface area contributed by atoms with Crippen molar-refractivity contribution in [2.45, 2.75) is 6.18 Å². The number of benzene rings is 1. The Bertz CT molecular complexity index is 648. The molecule has 0 unspecified atom stereocenters. The maximum absolute atomic E-state index is 12.8. The molecule has 0 amide bonds. The van der Waals surface area contributed by atoms with E-state index in [1.54, 1.807) is 6.07 Å². The zero-order valence-corrected chi connectivity index (χ0v) is 9.78. The molecule has 102 valence electrons. The summed E-state index contributed by atoms with van der Waals surface area (Å²) in [7, 11) is 0. The predicted molar refractivity (Wildman–Crippen MR) is 64.7 cm³/mol. The molecule has 0 aliphatic heterocycles. The van der Waals surface area contributed by atoms with Gasteiger partial charge >= 0.3 is 6.18 Å². The fraction of sp³-hybridized carbons (Fsp3) is 0.0909. The van der Waals surface area contributed by atoms with Gasteiger partial charge in [0.25, 0.3) is 0 Å². The molecule has 0 radical (unpaired) electrons. The summed E-state index contributed by atoms with van der Waals surface area (Å²) in [5.74, 6) is -0.679. The minimum atomic E-state index is -4.70. The number of alkyl halides is 3. The van der Waals surface area contributed by atoms with Crippen LogP contribution in [0.3, 0.4) is 0 Å². The highest BCUT2D eigenvalue weighted by Gasteiger charge is 2.34. The van der Waals surface area contributed by atoms with Crippen molar-refractivity contribution in [1.82, 2.24) is 0 Å². The topological polar surface area (TPSA) is 122 Å². The monoisotopic (exact) mass is 280 g/mol. The average Bonchev–Trinajstić information content (AvgIpc) is 2.38. The third-order valence-electron chi connectivity index (χ3n) is 2.10. The van der Waals surface area contributed by atoms with E-state index in [9.17, 15) is 13.2 Å². The maximum Gasteiger partial charge on any atom is 0.418 e. The van der Waals surface area contributed by atoms with Crippen molar-refractivity contribution in [1.29, 1.82) is 15.9 Å². The fourth-order valence-electron chi connectivity index (χ4n) is 1.21. The summed E-state index contributed by atoms with van der Waals surface area (Å²) >= 11 is 0. The van der Waals surface area contributed by atoms with Gasteiger partial charge < -0.3 is 5.73 Å². The molecule has 9 heteroatoms. The Balaban J connectivity index is 3.24. The largest absolute Gasteiger partial charge is 0.418 e. The molecule has 0 atom stereocenters. The lowest BCUT2D eigenvalue weighted by Gasteiger charge is -2.12. The predicted octanol–water partition coefficient (Wildman–Crippen LogP) is 1.80. The summed E-state index contributed by atoms with van der Waals surface area (Å²) in [6.45, 7) is 0. The van der Waals surface area contributed by atoms with Crippen LogP contribution < -0.4 is 11.2 Å². The summed E-state index contributed by atoms with van der Waals surface area (Å²) in [6, 6.07) is 5.86. The standard InChI is InChI=1S/C11H7F3N6/c12-11(13,14)7-3-6(4-15)1-2-8(7)19-20-9(5-16)10(17)18/h1-3,19H,(H3,17,18)/b20-9+. The number of amidine groups is 1. The van der Waals surface area contributed by atoms with E-state index in [-0.39, 0.29) is 5.56 Å². The number of nitrogens with two attached hydrogens (primary N) is 1. The minimum absolute atomic E-state index is 0.168. The fourth-order valence-corrected chi connectivity index (χ4v) is 1.21. The SMILES string of the molecule is N#C/C(=N\Nc1ccc(C#N)cc1C(F)(F)F)C(=N)N. The van der Waals surface area contributed by atoms with E-state index in [2.05, 4.69) is 5.10 Å². The molecule has 0 saturated carbocycles. The van der Waals surface area contributed by atoms with Gasteiger partial charge in [0, 0.05) is 0 Å². The van der Waals surface area contributed by atoms with Crippen LogP contribution in [0.4, 0.5) is 18.9 Å². The Kier molecular flexibility index (Phi) is 4.28. The summed E-state index contributed by atoms with van der Waals surface area (Å²) in [4.78, 5) is 0. The summed E-state index contributed by atoms with van der Waals surface area (Å²) in [5.41, 5.74) is 4.74. The molecular formula is C11H7F3N6. The van der Waals surface area contributed by atoms with Crippen LogP contribution in [0.25, 0.3) is 0 Å². The minimum Gasteiger partial charge on any atom is -0.382 e. The molecule has 0 saturated heterocycles. The summed E-state index contributed by atoms with van der Waals surface area (Å²) in [5, 5.41) is 27.5. The Morgan fingerprint density at radius 1 is 1.35 bits per heavy atom. The van der Waals surface area contributed by atoms with Crippen LogP contribution in [-0.4, -0.2) is 11.5 Å². The van der Waals surface area contributed by atoms with E-state index in [0.29, 0.717) is 6.07 Å². The van der Waals surface area contributed by atoms with Crippen LogP contribution in [0.5, 0.6) is 0 Å². The number of rotatable bonds is 3. The third kappa shape index (κ3) is 3.46. The van der Waals surface area contributed by atoms with Crippen molar-refractivity contribution < 1.29 is 13.2 Å². The zero-order chi connectivity index (χ0) is 15.3. The van der Waals surface area contributed by atoms with Crippen molar-refractivity contribution >= 4 is 17.2 Å². The number of nitriles is 2. The zero-order valence-electron chi connectivity index (χ0n) is 9.78. The Morgan fingerprint density at radius 3 is 2.45 bits per heavy atom. The maximum atomic E-state index is 12.8. The van der Waals surface area contributed by atoms with E-state index in [1.807, 2.05) is 5.43 Å². The second-order valence-corrected chi connectivity index (χ2v) is 3.47. The number of anilines is 1. The van der Waals surface area contributed by atoms with Gasteiger partial charge in [0.2, 0.25) is 5.71 Å². The van der Waals surface area contributed by atoms with Gasteiger partial charge in [-0.1, -0.05) is 0 Å². The molecule has 1 rings (SSSR count). The molecule has 6 nitrogen and oxygen atoms in total. The Morgan fingerprint density at radius 2 is 2.00 bits per heavy atom. The number of nitrogens with one attached hydrogen (secondary N) is 2. The third-order valence-corrected chi connectivity index (χ3v) is 2.10. The second kappa shape index (κ2) is 5.71. The first-order chi connectivity index (χ1) is 9.29. The van der Waals surface area contributed by atoms with E-state index in [0.717, 1.165) is 12.1 Å². The lowest BCUT2D eigenvalue weighted by Crippen LogP contribution is -2.22. The van der Waals surface area contributed by atoms with E-state index in [1.165, 1.54) is 6.07 Å². The smallest absolute Gasteiger partial charge is 0.382 e. The highest BCUT2D eigenvalue weighted by Crippen LogP contribution is 2.35. The molecule has 0 heterocycles. The Labute approximate surface area is 111 Å².